The summed E-state index contributed by atoms with van der Waals surface area (Å²) in [5.74, 6) is 0. The molecule has 0 spiro atoms. The van der Waals surface area contributed by atoms with Crippen LogP contribution in [-0.4, -0.2) is 0 Å². The molecular weight excluding hydrogens is 765 g/mol. The predicted molar refractivity (Wildman–Crippen MR) is 258 cm³/mol. The summed E-state index contributed by atoms with van der Waals surface area (Å²) >= 11 is 1.86. The Labute approximate surface area is 354 Å². The minimum Gasteiger partial charge on any atom is -0.454 e. The smallest absolute Gasteiger partial charge is 0.159 e. The van der Waals surface area contributed by atoms with E-state index in [4.69, 9.17) is 8.83 Å². The fourth-order valence-electron chi connectivity index (χ4n) is 9.55. The zero-order valence-electron chi connectivity index (χ0n) is 32.7. The van der Waals surface area contributed by atoms with Crippen LogP contribution in [-0.2, 0) is 0 Å². The number of hydrogen-bond acceptors (Lipinski definition) is 5. The molecule has 13 rings (SSSR count). The van der Waals surface area contributed by atoms with Gasteiger partial charge >= 0.3 is 0 Å². The Morgan fingerprint density at radius 1 is 0.311 bits per heavy atom. The molecule has 0 aliphatic carbocycles. The zero-order valence-corrected chi connectivity index (χ0v) is 33.6. The Morgan fingerprint density at radius 2 is 0.689 bits per heavy atom. The molecule has 3 aromatic heterocycles. The normalized spacial score (nSPS) is 11.9. The summed E-state index contributed by atoms with van der Waals surface area (Å²) in [6.45, 7) is 0. The molecule has 4 nitrogen and oxygen atoms in total. The summed E-state index contributed by atoms with van der Waals surface area (Å²) < 4.78 is 15.9. The second-order valence-corrected chi connectivity index (χ2v) is 16.6. The second-order valence-electron chi connectivity index (χ2n) is 15.6. The predicted octanol–water partition coefficient (Wildman–Crippen LogP) is 17.1. The number of furan rings is 2. The molecule has 0 radical (unpaired) electrons. The number of para-hydroxylation sites is 6. The topological polar surface area (TPSA) is 32.8 Å². The highest BCUT2D eigenvalue weighted by Gasteiger charge is 2.28. The summed E-state index contributed by atoms with van der Waals surface area (Å²) in [7, 11) is 0. The maximum atomic E-state index is 6.78. The fourth-order valence-corrected chi connectivity index (χ4v) is 10.9. The largest absolute Gasteiger partial charge is 0.454 e. The van der Waals surface area contributed by atoms with Gasteiger partial charge in [-0.3, -0.25) is 0 Å². The summed E-state index contributed by atoms with van der Waals surface area (Å²) in [5.41, 5.74) is 9.73. The summed E-state index contributed by atoms with van der Waals surface area (Å²) in [6, 6.07) is 73.5. The van der Waals surface area contributed by atoms with E-state index in [9.17, 15) is 0 Å². The second kappa shape index (κ2) is 13.3. The van der Waals surface area contributed by atoms with Gasteiger partial charge in [-0.25, -0.2) is 0 Å². The van der Waals surface area contributed by atoms with Crippen LogP contribution in [0, 0.1) is 0 Å². The lowest BCUT2D eigenvalue weighted by Crippen LogP contribution is -2.10. The third kappa shape index (κ3) is 5.11. The fraction of sp³-hybridized carbons (Fsp3) is 0. The van der Waals surface area contributed by atoms with Gasteiger partial charge in [-0.1, -0.05) is 146 Å². The molecule has 0 bridgehead atoms. The van der Waals surface area contributed by atoms with Crippen LogP contribution in [0.2, 0.25) is 0 Å². The Kier molecular flexibility index (Phi) is 7.44. The van der Waals surface area contributed by atoms with Gasteiger partial charge < -0.3 is 18.6 Å². The number of anilines is 6. The minimum atomic E-state index is 0.857. The van der Waals surface area contributed by atoms with Crippen molar-refractivity contribution < 1.29 is 8.83 Å². The Balaban J connectivity index is 1.18. The Morgan fingerprint density at radius 3 is 1.15 bits per heavy atom. The van der Waals surface area contributed by atoms with Gasteiger partial charge in [-0.05, 0) is 82.2 Å². The molecule has 0 unspecified atom stereocenters. The molecule has 5 heteroatoms. The number of benzene rings is 10. The van der Waals surface area contributed by atoms with Crippen molar-refractivity contribution in [3.63, 3.8) is 0 Å². The molecule has 0 saturated carbocycles. The van der Waals surface area contributed by atoms with Crippen molar-refractivity contribution in [2.75, 3.05) is 9.80 Å². The minimum absolute atomic E-state index is 0.857. The van der Waals surface area contributed by atoms with E-state index in [1.165, 1.54) is 41.7 Å². The van der Waals surface area contributed by atoms with Crippen LogP contribution < -0.4 is 9.80 Å². The van der Waals surface area contributed by atoms with E-state index in [0.29, 0.717) is 0 Å². The van der Waals surface area contributed by atoms with Gasteiger partial charge in [-0.15, -0.1) is 11.3 Å². The molecule has 0 saturated heterocycles. The van der Waals surface area contributed by atoms with E-state index in [-0.39, 0.29) is 0 Å². The molecule has 13 aromatic rings. The molecule has 0 amide bonds. The van der Waals surface area contributed by atoms with E-state index in [0.717, 1.165) is 78.0 Å². The van der Waals surface area contributed by atoms with E-state index in [1.54, 1.807) is 0 Å². The van der Waals surface area contributed by atoms with Gasteiger partial charge in [0.25, 0.3) is 0 Å². The summed E-state index contributed by atoms with van der Waals surface area (Å²) in [5, 5.41) is 11.6. The van der Waals surface area contributed by atoms with Crippen molar-refractivity contribution in [1.29, 1.82) is 0 Å². The summed E-state index contributed by atoms with van der Waals surface area (Å²) in [6.07, 6.45) is 0. The van der Waals surface area contributed by atoms with Crippen molar-refractivity contribution >= 4 is 131 Å². The Bertz CT molecular complexity index is 3590. The lowest BCUT2D eigenvalue weighted by Gasteiger charge is -2.26. The molecular formula is C56H34N2O2S. The Hall–Kier alpha value is -7.86. The van der Waals surface area contributed by atoms with Crippen molar-refractivity contribution in [1.82, 2.24) is 0 Å². The highest BCUT2D eigenvalue weighted by Crippen LogP contribution is 2.55. The lowest BCUT2D eigenvalue weighted by atomic mass is 9.97. The molecule has 0 atom stereocenters. The SMILES string of the molecule is c1ccc(N(c2cccc3c2oc2ccccc23)c2cc3ccccc3c3c2sc2c(N(c4ccccc4)c4cccc5c4oc4ccccc45)cc4ccccc4c23)cc1. The van der Waals surface area contributed by atoms with Gasteiger partial charge in [0.15, 0.2) is 11.2 Å². The lowest BCUT2D eigenvalue weighted by molar-refractivity contribution is 0.669. The summed E-state index contributed by atoms with van der Waals surface area (Å²) in [4.78, 5) is 4.81. The van der Waals surface area contributed by atoms with Crippen LogP contribution in [0.25, 0.3) is 85.6 Å². The first kappa shape index (κ1) is 34.0. The van der Waals surface area contributed by atoms with E-state index >= 15 is 0 Å². The first-order valence-corrected chi connectivity index (χ1v) is 21.4. The number of rotatable bonds is 6. The molecule has 3 heterocycles. The van der Waals surface area contributed by atoms with Gasteiger partial charge in [0.1, 0.15) is 11.2 Å². The van der Waals surface area contributed by atoms with Gasteiger partial charge in [-0.2, -0.15) is 0 Å². The monoisotopic (exact) mass is 798 g/mol. The molecule has 61 heavy (non-hydrogen) atoms. The highest BCUT2D eigenvalue weighted by atomic mass is 32.1. The standard InChI is InChI=1S/C56H34N2O2S/c1-3-19-37(20-4-1)57(45-29-15-27-43-41-25-11-13-31-49(41)59-53(43)45)47-33-35-17-7-9-23-39(35)51-52-40-24-10-8-18-36(40)34-48(56(52)61-55(47)51)58(38-21-5-2-6-22-38)46-30-16-28-44-42-26-12-14-32-50(42)60-54(44)46/h1-34H. The van der Waals surface area contributed by atoms with E-state index < -0.39 is 0 Å². The number of fused-ring (bicyclic) bond motifs is 13. The number of nitrogens with zero attached hydrogens (tertiary/aromatic N) is 2. The van der Waals surface area contributed by atoms with Crippen molar-refractivity contribution in [3.8, 4) is 0 Å². The molecule has 0 fully saturated rings. The molecule has 0 aliphatic rings. The van der Waals surface area contributed by atoms with E-state index in [1.807, 2.05) is 23.5 Å². The maximum absolute atomic E-state index is 6.78. The number of hydrogen-bond donors (Lipinski definition) is 0. The van der Waals surface area contributed by atoms with E-state index in [2.05, 4.69) is 204 Å². The van der Waals surface area contributed by atoms with Crippen LogP contribution in [0.3, 0.4) is 0 Å². The first-order valence-electron chi connectivity index (χ1n) is 20.6. The average molecular weight is 799 g/mol. The van der Waals surface area contributed by atoms with Crippen LogP contribution in [0.5, 0.6) is 0 Å². The third-order valence-electron chi connectivity index (χ3n) is 12.2. The quantitative estimate of drug-likeness (QED) is 0.168. The molecule has 0 N–H and O–H groups in total. The molecule has 10 aromatic carbocycles. The molecule has 0 aliphatic heterocycles. The van der Waals surface area contributed by atoms with Crippen molar-refractivity contribution in [2.24, 2.45) is 0 Å². The van der Waals surface area contributed by atoms with Crippen molar-refractivity contribution in [2.45, 2.75) is 0 Å². The average Bonchev–Trinajstić information content (AvgIpc) is 4.03. The van der Waals surface area contributed by atoms with Crippen LogP contribution in [0.4, 0.5) is 34.1 Å². The van der Waals surface area contributed by atoms with Gasteiger partial charge in [0.05, 0.1) is 32.1 Å². The third-order valence-corrected chi connectivity index (χ3v) is 13.4. The zero-order chi connectivity index (χ0) is 40.0. The van der Waals surface area contributed by atoms with Crippen LogP contribution in [0.15, 0.2) is 215 Å². The first-order chi connectivity index (χ1) is 30.3. The van der Waals surface area contributed by atoms with Gasteiger partial charge in [0.2, 0.25) is 0 Å². The van der Waals surface area contributed by atoms with Crippen LogP contribution >= 0.6 is 11.3 Å². The van der Waals surface area contributed by atoms with Crippen molar-refractivity contribution in [3.05, 3.63) is 206 Å². The molecule has 286 valence electrons. The highest BCUT2D eigenvalue weighted by molar-refractivity contribution is 7.27. The maximum Gasteiger partial charge on any atom is 0.159 e. The van der Waals surface area contributed by atoms with Gasteiger partial charge in [0, 0.05) is 43.7 Å². The number of thiophene rings is 1. The van der Waals surface area contributed by atoms with Crippen LogP contribution in [0.1, 0.15) is 0 Å².